The highest BCUT2D eigenvalue weighted by molar-refractivity contribution is 6.15. The predicted octanol–water partition coefficient (Wildman–Crippen LogP) is 16.5. The average Bonchev–Trinajstić information content (AvgIpc) is 3.72. The Morgan fingerprint density at radius 1 is 0.267 bits per heavy atom. The van der Waals surface area contributed by atoms with E-state index >= 15 is 0 Å². The van der Waals surface area contributed by atoms with Gasteiger partial charge in [0.25, 0.3) is 0 Å². The Hall–Kier alpha value is -7.94. The molecule has 0 aliphatic rings. The normalized spacial score (nSPS) is 11.3. The molecule has 0 radical (unpaired) electrons. The van der Waals surface area contributed by atoms with Crippen LogP contribution in [-0.4, -0.2) is 0 Å². The molecule has 1 heterocycles. The van der Waals surface area contributed by atoms with Crippen LogP contribution in [0.1, 0.15) is 0 Å². The number of fused-ring (bicyclic) bond motifs is 4. The van der Waals surface area contributed by atoms with Gasteiger partial charge < -0.3 is 9.32 Å². The molecule has 0 saturated heterocycles. The minimum absolute atomic E-state index is 0.840. The van der Waals surface area contributed by atoms with Crippen LogP contribution < -0.4 is 4.90 Å². The second-order valence-corrected chi connectivity index (χ2v) is 15.3. The van der Waals surface area contributed by atoms with Crippen LogP contribution in [0.3, 0.4) is 0 Å². The van der Waals surface area contributed by atoms with E-state index in [4.69, 9.17) is 4.42 Å². The number of benzene rings is 10. The fourth-order valence-corrected chi connectivity index (χ4v) is 8.58. The monoisotopic (exact) mass is 765 g/mol. The molecule has 2 heteroatoms. The van der Waals surface area contributed by atoms with Gasteiger partial charge >= 0.3 is 0 Å². The summed E-state index contributed by atoms with van der Waals surface area (Å²) in [5, 5.41) is 4.64. The van der Waals surface area contributed by atoms with Crippen LogP contribution in [0.5, 0.6) is 0 Å². The molecule has 0 fully saturated rings. The van der Waals surface area contributed by atoms with Crippen LogP contribution >= 0.6 is 0 Å². The summed E-state index contributed by atoms with van der Waals surface area (Å²) < 4.78 is 7.12. The van der Waals surface area contributed by atoms with Crippen LogP contribution in [0.25, 0.3) is 88.3 Å². The van der Waals surface area contributed by atoms with Crippen molar-refractivity contribution in [2.24, 2.45) is 0 Å². The van der Waals surface area contributed by atoms with Crippen molar-refractivity contribution >= 4 is 49.8 Å². The zero-order valence-electron chi connectivity index (χ0n) is 32.9. The summed E-state index contributed by atoms with van der Waals surface area (Å²) >= 11 is 0. The highest BCUT2D eigenvalue weighted by Gasteiger charge is 2.23. The summed E-state index contributed by atoms with van der Waals surface area (Å²) in [6.45, 7) is 0. The lowest BCUT2D eigenvalue weighted by molar-refractivity contribution is 0.670. The number of rotatable bonds is 8. The Morgan fingerprint density at radius 2 is 0.733 bits per heavy atom. The van der Waals surface area contributed by atoms with Gasteiger partial charge in [-0.2, -0.15) is 0 Å². The Kier molecular flexibility index (Phi) is 8.87. The van der Waals surface area contributed by atoms with Gasteiger partial charge in [-0.3, -0.25) is 0 Å². The molecule has 11 rings (SSSR count). The number of para-hydroxylation sites is 1. The standard InChI is InChI=1S/C58H39NO/c1-4-13-40(14-5-1)43-23-25-44(26-24-43)45-29-33-51(34-30-45)59(52-35-31-46(32-36-52)49-28-27-42-17-10-11-20-48(42)37-49)56-39-50(41-15-6-2-7-16-41)38-55-54-22-12-21-53(57(54)60-58(55)56)47-18-8-3-9-19-47/h1-39H. The van der Waals surface area contributed by atoms with Crippen LogP contribution in [0.15, 0.2) is 241 Å². The summed E-state index contributed by atoms with van der Waals surface area (Å²) in [4.78, 5) is 2.35. The maximum Gasteiger partial charge on any atom is 0.159 e. The molecule has 0 saturated carbocycles. The zero-order valence-corrected chi connectivity index (χ0v) is 32.9. The predicted molar refractivity (Wildman–Crippen MR) is 253 cm³/mol. The molecule has 0 spiro atoms. The molecule has 0 amide bonds. The number of furan rings is 1. The second-order valence-electron chi connectivity index (χ2n) is 15.3. The van der Waals surface area contributed by atoms with Gasteiger partial charge in [0.05, 0.1) is 5.69 Å². The highest BCUT2D eigenvalue weighted by atomic mass is 16.3. The third-order valence-corrected chi connectivity index (χ3v) is 11.7. The number of hydrogen-bond donors (Lipinski definition) is 0. The fraction of sp³-hybridized carbons (Fsp3) is 0. The van der Waals surface area contributed by atoms with Crippen LogP contribution in [0.4, 0.5) is 17.1 Å². The van der Waals surface area contributed by atoms with E-state index in [0.29, 0.717) is 0 Å². The lowest BCUT2D eigenvalue weighted by Gasteiger charge is -2.26. The van der Waals surface area contributed by atoms with Gasteiger partial charge in [0, 0.05) is 27.7 Å². The lowest BCUT2D eigenvalue weighted by atomic mass is 9.98. The summed E-state index contributed by atoms with van der Waals surface area (Å²) in [6.07, 6.45) is 0. The molecule has 10 aromatic carbocycles. The molecule has 0 aliphatic heterocycles. The Morgan fingerprint density at radius 3 is 1.33 bits per heavy atom. The number of anilines is 3. The van der Waals surface area contributed by atoms with E-state index in [1.807, 2.05) is 0 Å². The van der Waals surface area contributed by atoms with Crippen molar-refractivity contribution in [3.63, 3.8) is 0 Å². The van der Waals surface area contributed by atoms with E-state index in [0.717, 1.165) is 72.4 Å². The molecular weight excluding hydrogens is 727 g/mol. The largest absolute Gasteiger partial charge is 0.453 e. The van der Waals surface area contributed by atoms with Gasteiger partial charge in [-0.15, -0.1) is 0 Å². The first-order valence-corrected chi connectivity index (χ1v) is 20.5. The molecule has 282 valence electrons. The van der Waals surface area contributed by atoms with Gasteiger partial charge in [0.15, 0.2) is 5.58 Å². The van der Waals surface area contributed by atoms with Crippen molar-refractivity contribution < 1.29 is 4.42 Å². The highest BCUT2D eigenvalue weighted by Crippen LogP contribution is 2.47. The summed E-state index contributed by atoms with van der Waals surface area (Å²) in [7, 11) is 0. The first kappa shape index (κ1) is 35.2. The third kappa shape index (κ3) is 6.51. The SMILES string of the molecule is c1ccc(-c2ccc(-c3ccc(N(c4ccc(-c5ccc6ccccc6c5)cc4)c4cc(-c5ccccc5)cc5c4oc4c(-c6ccccc6)cccc45)cc3)cc2)cc1. The van der Waals surface area contributed by atoms with E-state index in [9.17, 15) is 0 Å². The minimum atomic E-state index is 0.840. The van der Waals surface area contributed by atoms with Crippen LogP contribution in [0, 0.1) is 0 Å². The molecule has 2 nitrogen and oxygen atoms in total. The molecule has 0 N–H and O–H groups in total. The molecule has 60 heavy (non-hydrogen) atoms. The zero-order chi connectivity index (χ0) is 39.8. The van der Waals surface area contributed by atoms with Gasteiger partial charge in [-0.1, -0.05) is 194 Å². The van der Waals surface area contributed by atoms with Gasteiger partial charge in [0.2, 0.25) is 0 Å². The van der Waals surface area contributed by atoms with Crippen molar-refractivity contribution in [1.82, 2.24) is 0 Å². The molecule has 0 aliphatic carbocycles. The molecule has 1 aromatic heterocycles. The van der Waals surface area contributed by atoms with Crippen molar-refractivity contribution in [1.29, 1.82) is 0 Å². The molecule has 0 unspecified atom stereocenters. The first-order chi connectivity index (χ1) is 29.7. The Bertz CT molecular complexity index is 3260. The molecule has 0 atom stereocenters. The topological polar surface area (TPSA) is 16.4 Å². The van der Waals surface area contributed by atoms with Crippen molar-refractivity contribution in [2.45, 2.75) is 0 Å². The molecule has 11 aromatic rings. The fourth-order valence-electron chi connectivity index (χ4n) is 8.58. The van der Waals surface area contributed by atoms with E-state index in [-0.39, 0.29) is 0 Å². The average molecular weight is 766 g/mol. The van der Waals surface area contributed by atoms with Gasteiger partial charge in [0.1, 0.15) is 5.58 Å². The quantitative estimate of drug-likeness (QED) is 0.153. The lowest BCUT2D eigenvalue weighted by Crippen LogP contribution is -2.10. The molecule has 0 bridgehead atoms. The van der Waals surface area contributed by atoms with Gasteiger partial charge in [-0.05, 0) is 103 Å². The minimum Gasteiger partial charge on any atom is -0.453 e. The number of nitrogens with zero attached hydrogens (tertiary/aromatic N) is 1. The van der Waals surface area contributed by atoms with Crippen LogP contribution in [0.2, 0.25) is 0 Å². The summed E-state index contributed by atoms with van der Waals surface area (Å²) in [5.41, 5.74) is 16.3. The van der Waals surface area contributed by atoms with Crippen LogP contribution in [-0.2, 0) is 0 Å². The first-order valence-electron chi connectivity index (χ1n) is 20.5. The summed E-state index contributed by atoms with van der Waals surface area (Å²) in [5.74, 6) is 0. The Labute approximate surface area is 349 Å². The van der Waals surface area contributed by atoms with E-state index in [2.05, 4.69) is 241 Å². The molecular formula is C58H39NO. The van der Waals surface area contributed by atoms with Crippen molar-refractivity contribution in [2.75, 3.05) is 4.90 Å². The Balaban J connectivity index is 1.09. The van der Waals surface area contributed by atoms with Gasteiger partial charge in [-0.25, -0.2) is 0 Å². The van der Waals surface area contributed by atoms with Crippen molar-refractivity contribution in [3.05, 3.63) is 237 Å². The summed E-state index contributed by atoms with van der Waals surface area (Å²) in [6, 6.07) is 84.7. The maximum atomic E-state index is 7.12. The number of hydrogen-bond acceptors (Lipinski definition) is 2. The maximum absolute atomic E-state index is 7.12. The third-order valence-electron chi connectivity index (χ3n) is 11.7. The smallest absolute Gasteiger partial charge is 0.159 e. The van der Waals surface area contributed by atoms with E-state index in [1.165, 1.54) is 33.0 Å². The van der Waals surface area contributed by atoms with Crippen molar-refractivity contribution in [3.8, 4) is 55.6 Å². The van der Waals surface area contributed by atoms with E-state index in [1.54, 1.807) is 0 Å². The van der Waals surface area contributed by atoms with E-state index < -0.39 is 0 Å². The second kappa shape index (κ2) is 15.1.